The maximum atomic E-state index is 13.4. The lowest BCUT2D eigenvalue weighted by Gasteiger charge is -2.10. The van der Waals surface area contributed by atoms with Gasteiger partial charge in [-0.1, -0.05) is 29.8 Å². The number of hydrogen-bond donors (Lipinski definition) is 1. The second-order valence-electron chi connectivity index (χ2n) is 4.21. The van der Waals surface area contributed by atoms with E-state index >= 15 is 0 Å². The first-order chi connectivity index (χ1) is 7.50. The van der Waals surface area contributed by atoms with Gasteiger partial charge in [-0.15, -0.1) is 0 Å². The molecule has 1 rings (SSSR count). The number of nitrogens with one attached hydrogen (secondary N) is 1. The van der Waals surface area contributed by atoms with Crippen LogP contribution in [0.2, 0.25) is 0 Å². The normalized spacial score (nSPS) is 10.9. The molecule has 0 fully saturated rings. The van der Waals surface area contributed by atoms with E-state index in [1.54, 1.807) is 0 Å². The van der Waals surface area contributed by atoms with Gasteiger partial charge in [-0.3, -0.25) is 0 Å². The van der Waals surface area contributed by atoms with Crippen molar-refractivity contribution in [1.29, 1.82) is 0 Å². The number of hydrogen-bond acceptors (Lipinski definition) is 1. The summed E-state index contributed by atoms with van der Waals surface area (Å²) in [5.41, 5.74) is -0.0352. The van der Waals surface area contributed by atoms with Gasteiger partial charge in [0.05, 0.1) is 0 Å². The van der Waals surface area contributed by atoms with Gasteiger partial charge >= 0.3 is 0 Å². The lowest BCUT2D eigenvalue weighted by molar-refractivity contribution is 0.560. The third-order valence-electron chi connectivity index (χ3n) is 2.27. The zero-order valence-corrected chi connectivity index (χ0v) is 11.1. The first-order valence-corrected chi connectivity index (χ1v) is 6.18. The van der Waals surface area contributed by atoms with Crippen molar-refractivity contribution in [2.45, 2.75) is 26.7 Å². The maximum Gasteiger partial charge on any atom is 0.150 e. The Morgan fingerprint density at radius 1 is 1.25 bits per heavy atom. The lowest BCUT2D eigenvalue weighted by atomic mass is 10.1. The highest BCUT2D eigenvalue weighted by atomic mass is 79.9. The van der Waals surface area contributed by atoms with Crippen LogP contribution in [0.3, 0.4) is 0 Å². The van der Waals surface area contributed by atoms with Gasteiger partial charge in [0.25, 0.3) is 0 Å². The van der Waals surface area contributed by atoms with Gasteiger partial charge in [0.1, 0.15) is 17.3 Å². The summed E-state index contributed by atoms with van der Waals surface area (Å²) in [6.07, 6.45) is 1.96. The molecular formula is C12H16BrF2N. The minimum atomic E-state index is -0.559. The lowest BCUT2D eigenvalue weighted by Crippen LogP contribution is -2.06. The molecule has 90 valence electrons. The van der Waals surface area contributed by atoms with Gasteiger partial charge in [0, 0.05) is 11.0 Å². The van der Waals surface area contributed by atoms with Crippen LogP contribution in [-0.4, -0.2) is 6.54 Å². The molecule has 0 spiro atoms. The number of anilines is 1. The van der Waals surface area contributed by atoms with Crippen LogP contribution in [-0.2, 0) is 0 Å². The predicted octanol–water partition coefficient (Wildman–Crippen LogP) is 4.58. The van der Waals surface area contributed by atoms with Gasteiger partial charge in [-0.2, -0.15) is 0 Å². The van der Waals surface area contributed by atoms with Crippen molar-refractivity contribution in [3.63, 3.8) is 0 Å². The molecule has 0 aromatic heterocycles. The van der Waals surface area contributed by atoms with Gasteiger partial charge in [0.2, 0.25) is 0 Å². The Kier molecular flexibility index (Phi) is 5.19. The van der Waals surface area contributed by atoms with Crippen LogP contribution in [0.4, 0.5) is 14.5 Å². The van der Waals surface area contributed by atoms with E-state index in [4.69, 9.17) is 0 Å². The maximum absolute atomic E-state index is 13.4. The summed E-state index contributed by atoms with van der Waals surface area (Å²) in [4.78, 5) is 0. The molecule has 1 aromatic carbocycles. The Morgan fingerprint density at radius 3 is 2.31 bits per heavy atom. The summed E-state index contributed by atoms with van der Waals surface area (Å²) in [5, 5.41) is 2.79. The van der Waals surface area contributed by atoms with Crippen LogP contribution in [0, 0.1) is 17.6 Å². The van der Waals surface area contributed by atoms with Gasteiger partial charge in [-0.25, -0.2) is 8.78 Å². The molecule has 0 radical (unpaired) electrons. The Balaban J connectivity index is 2.54. The number of halogens is 3. The fraction of sp³-hybridized carbons (Fsp3) is 0.500. The Morgan fingerprint density at radius 2 is 1.81 bits per heavy atom. The fourth-order valence-electron chi connectivity index (χ4n) is 1.43. The average Bonchev–Trinajstić information content (AvgIpc) is 2.14. The average molecular weight is 292 g/mol. The van der Waals surface area contributed by atoms with E-state index < -0.39 is 11.6 Å². The third kappa shape index (κ3) is 4.08. The van der Waals surface area contributed by atoms with E-state index in [0.717, 1.165) is 12.8 Å². The zero-order chi connectivity index (χ0) is 12.1. The molecule has 0 saturated carbocycles. The zero-order valence-electron chi connectivity index (χ0n) is 9.49. The van der Waals surface area contributed by atoms with Crippen LogP contribution < -0.4 is 5.32 Å². The second kappa shape index (κ2) is 6.18. The van der Waals surface area contributed by atoms with E-state index in [1.165, 1.54) is 12.1 Å². The SMILES string of the molecule is CC(C)CCCNc1c(F)cc(Br)cc1F. The summed E-state index contributed by atoms with van der Waals surface area (Å²) < 4.78 is 27.1. The molecule has 1 nitrogen and oxygen atoms in total. The van der Waals surface area contributed by atoms with Crippen molar-refractivity contribution in [2.75, 3.05) is 11.9 Å². The molecule has 0 unspecified atom stereocenters. The summed E-state index contributed by atoms with van der Waals surface area (Å²) in [6, 6.07) is 2.52. The Hall–Kier alpha value is -0.640. The number of benzene rings is 1. The summed E-state index contributed by atoms with van der Waals surface area (Å²) in [7, 11) is 0. The molecule has 16 heavy (non-hydrogen) atoms. The largest absolute Gasteiger partial charge is 0.380 e. The molecule has 4 heteroatoms. The van der Waals surface area contributed by atoms with E-state index in [1.807, 2.05) is 0 Å². The van der Waals surface area contributed by atoms with Crippen molar-refractivity contribution < 1.29 is 8.78 Å². The van der Waals surface area contributed by atoms with Crippen molar-refractivity contribution in [2.24, 2.45) is 5.92 Å². The highest BCUT2D eigenvalue weighted by molar-refractivity contribution is 9.10. The fourth-order valence-corrected chi connectivity index (χ4v) is 1.84. The molecule has 0 bridgehead atoms. The van der Waals surface area contributed by atoms with Crippen LogP contribution in [0.15, 0.2) is 16.6 Å². The standard InChI is InChI=1S/C12H16BrF2N/c1-8(2)4-3-5-16-12-10(14)6-9(13)7-11(12)15/h6-8,16H,3-5H2,1-2H3. The molecule has 1 aromatic rings. The van der Waals surface area contributed by atoms with Crippen LogP contribution >= 0.6 is 15.9 Å². The molecular weight excluding hydrogens is 276 g/mol. The quantitative estimate of drug-likeness (QED) is 0.783. The summed E-state index contributed by atoms with van der Waals surface area (Å²) >= 11 is 3.04. The van der Waals surface area contributed by atoms with E-state index in [2.05, 4.69) is 35.1 Å². The molecule has 0 amide bonds. The topological polar surface area (TPSA) is 12.0 Å². The Bertz CT molecular complexity index is 330. The molecule has 0 aliphatic heterocycles. The van der Waals surface area contributed by atoms with Crippen molar-refractivity contribution >= 4 is 21.6 Å². The van der Waals surface area contributed by atoms with E-state index in [0.29, 0.717) is 16.9 Å². The molecule has 0 atom stereocenters. The second-order valence-corrected chi connectivity index (χ2v) is 5.12. The minimum Gasteiger partial charge on any atom is -0.380 e. The predicted molar refractivity (Wildman–Crippen MR) is 66.6 cm³/mol. The van der Waals surface area contributed by atoms with Gasteiger partial charge in [0.15, 0.2) is 0 Å². The van der Waals surface area contributed by atoms with Gasteiger partial charge < -0.3 is 5.32 Å². The van der Waals surface area contributed by atoms with E-state index in [-0.39, 0.29) is 5.69 Å². The van der Waals surface area contributed by atoms with Crippen LogP contribution in [0.25, 0.3) is 0 Å². The summed E-state index contributed by atoms with van der Waals surface area (Å²) in [6.45, 7) is 4.84. The minimum absolute atomic E-state index is 0.0352. The molecule has 0 aliphatic carbocycles. The Labute approximate surface area is 103 Å². The highest BCUT2D eigenvalue weighted by Crippen LogP contribution is 2.23. The van der Waals surface area contributed by atoms with Crippen molar-refractivity contribution in [3.05, 3.63) is 28.2 Å². The number of rotatable bonds is 5. The molecule has 1 N–H and O–H groups in total. The van der Waals surface area contributed by atoms with Gasteiger partial charge in [-0.05, 0) is 30.9 Å². The van der Waals surface area contributed by atoms with E-state index in [9.17, 15) is 8.78 Å². The smallest absolute Gasteiger partial charge is 0.150 e. The summed E-state index contributed by atoms with van der Waals surface area (Å²) in [5.74, 6) is -0.505. The molecule has 0 heterocycles. The first kappa shape index (κ1) is 13.4. The molecule has 0 saturated heterocycles. The van der Waals surface area contributed by atoms with Crippen molar-refractivity contribution in [3.8, 4) is 0 Å². The molecule has 0 aliphatic rings. The monoisotopic (exact) mass is 291 g/mol. The highest BCUT2D eigenvalue weighted by Gasteiger charge is 2.09. The third-order valence-corrected chi connectivity index (χ3v) is 2.72. The van der Waals surface area contributed by atoms with Crippen molar-refractivity contribution in [1.82, 2.24) is 0 Å². The first-order valence-electron chi connectivity index (χ1n) is 5.39. The van der Waals surface area contributed by atoms with Crippen LogP contribution in [0.1, 0.15) is 26.7 Å². The van der Waals surface area contributed by atoms with Crippen LogP contribution in [0.5, 0.6) is 0 Å².